The van der Waals surface area contributed by atoms with Gasteiger partial charge in [0.2, 0.25) is 5.88 Å². The zero-order valence-electron chi connectivity index (χ0n) is 10.9. The van der Waals surface area contributed by atoms with Crippen LogP contribution < -0.4 is 4.74 Å². The highest BCUT2D eigenvalue weighted by molar-refractivity contribution is 5.40. The summed E-state index contributed by atoms with van der Waals surface area (Å²) in [4.78, 5) is 4.36. The van der Waals surface area contributed by atoms with E-state index in [9.17, 15) is 5.11 Å². The minimum absolute atomic E-state index is 0.0691. The Morgan fingerprint density at radius 1 is 1.11 bits per heavy atom. The number of ether oxygens (including phenoxy) is 1. The predicted octanol–water partition coefficient (Wildman–Crippen LogP) is 3.29. The summed E-state index contributed by atoms with van der Waals surface area (Å²) in [6.45, 7) is 5.78. The van der Waals surface area contributed by atoms with Crippen molar-refractivity contribution in [3.05, 3.63) is 52.7 Å². The fraction of sp³-hybridized carbons (Fsp3) is 0.267. The van der Waals surface area contributed by atoms with Gasteiger partial charge in [-0.15, -0.1) is 0 Å². The van der Waals surface area contributed by atoms with E-state index < -0.39 is 0 Å². The second-order valence-corrected chi connectivity index (χ2v) is 4.39. The Balaban J connectivity index is 2.43. The molecule has 0 fully saturated rings. The predicted molar refractivity (Wildman–Crippen MR) is 70.9 cm³/mol. The molecule has 1 aromatic carbocycles. The van der Waals surface area contributed by atoms with Crippen LogP contribution in [0, 0.1) is 20.8 Å². The van der Waals surface area contributed by atoms with E-state index in [4.69, 9.17) is 4.74 Å². The highest BCUT2D eigenvalue weighted by Crippen LogP contribution is 2.28. The summed E-state index contributed by atoms with van der Waals surface area (Å²) in [7, 11) is 0. The molecule has 94 valence electrons. The van der Waals surface area contributed by atoms with Crippen LogP contribution in [0.3, 0.4) is 0 Å². The Kier molecular flexibility index (Phi) is 3.63. The molecule has 3 heteroatoms. The minimum atomic E-state index is -0.0691. The van der Waals surface area contributed by atoms with Crippen molar-refractivity contribution in [1.82, 2.24) is 4.98 Å². The van der Waals surface area contributed by atoms with E-state index >= 15 is 0 Å². The van der Waals surface area contributed by atoms with Gasteiger partial charge in [0, 0.05) is 11.3 Å². The van der Waals surface area contributed by atoms with Crippen LogP contribution >= 0.6 is 0 Å². The Bertz CT molecular complexity index is 564. The van der Waals surface area contributed by atoms with Crippen molar-refractivity contribution in [2.45, 2.75) is 27.4 Å². The molecule has 0 saturated heterocycles. The first kappa shape index (κ1) is 12.6. The number of aliphatic hydroxyl groups excluding tert-OH is 1. The molecule has 0 radical (unpaired) electrons. The number of aliphatic hydroxyl groups is 1. The number of benzene rings is 1. The molecule has 0 bridgehead atoms. The number of rotatable bonds is 3. The second kappa shape index (κ2) is 5.19. The lowest BCUT2D eigenvalue weighted by molar-refractivity contribution is 0.274. The number of nitrogens with zero attached hydrogens (tertiary/aromatic N) is 1. The first-order chi connectivity index (χ1) is 8.61. The van der Waals surface area contributed by atoms with Crippen LogP contribution in [-0.2, 0) is 6.61 Å². The quantitative estimate of drug-likeness (QED) is 0.899. The Hall–Kier alpha value is -1.87. The highest BCUT2D eigenvalue weighted by Gasteiger charge is 2.11. The second-order valence-electron chi connectivity index (χ2n) is 4.39. The minimum Gasteiger partial charge on any atom is -0.438 e. The molecule has 3 nitrogen and oxygen atoms in total. The van der Waals surface area contributed by atoms with Crippen LogP contribution in [0.15, 0.2) is 30.3 Å². The summed E-state index contributed by atoms with van der Waals surface area (Å²) in [6, 6.07) is 9.70. The largest absolute Gasteiger partial charge is 0.438 e. The summed E-state index contributed by atoms with van der Waals surface area (Å²) in [6.07, 6.45) is 0. The maximum Gasteiger partial charge on any atom is 0.225 e. The van der Waals surface area contributed by atoms with Gasteiger partial charge < -0.3 is 9.84 Å². The zero-order valence-corrected chi connectivity index (χ0v) is 10.9. The first-order valence-electron chi connectivity index (χ1n) is 5.93. The van der Waals surface area contributed by atoms with E-state index in [1.807, 2.05) is 51.1 Å². The van der Waals surface area contributed by atoms with Crippen LogP contribution in [0.1, 0.15) is 22.4 Å². The molecule has 2 rings (SSSR count). The monoisotopic (exact) mass is 243 g/mol. The molecular formula is C15H17NO2. The molecule has 0 atom stereocenters. The average molecular weight is 243 g/mol. The van der Waals surface area contributed by atoms with E-state index in [-0.39, 0.29) is 6.61 Å². The van der Waals surface area contributed by atoms with Crippen molar-refractivity contribution in [2.75, 3.05) is 0 Å². The van der Waals surface area contributed by atoms with Crippen LogP contribution in [0.25, 0.3) is 0 Å². The average Bonchev–Trinajstić information content (AvgIpc) is 2.31. The van der Waals surface area contributed by atoms with Crippen LogP contribution in [0.4, 0.5) is 0 Å². The van der Waals surface area contributed by atoms with Crippen molar-refractivity contribution in [3.63, 3.8) is 0 Å². The number of hydrogen-bond acceptors (Lipinski definition) is 3. The van der Waals surface area contributed by atoms with Gasteiger partial charge >= 0.3 is 0 Å². The van der Waals surface area contributed by atoms with Gasteiger partial charge in [0.05, 0.1) is 6.61 Å². The molecule has 0 aliphatic carbocycles. The third-order valence-electron chi connectivity index (χ3n) is 2.90. The van der Waals surface area contributed by atoms with Gasteiger partial charge in [-0.1, -0.05) is 18.2 Å². The molecule has 0 amide bonds. The Labute approximate surface area is 107 Å². The number of hydrogen-bond donors (Lipinski definition) is 1. The summed E-state index contributed by atoms with van der Waals surface area (Å²) < 4.78 is 5.82. The SMILES string of the molecule is Cc1cc(C)c(CO)c(Oc2ccccc2C)n1. The summed E-state index contributed by atoms with van der Waals surface area (Å²) >= 11 is 0. The molecule has 0 spiro atoms. The van der Waals surface area contributed by atoms with Crippen LogP contribution in [0.5, 0.6) is 11.6 Å². The van der Waals surface area contributed by atoms with Crippen LogP contribution in [0.2, 0.25) is 0 Å². The molecular weight excluding hydrogens is 226 g/mol. The molecule has 0 aliphatic heterocycles. The third kappa shape index (κ3) is 2.51. The molecule has 1 N–H and O–H groups in total. The fourth-order valence-electron chi connectivity index (χ4n) is 1.88. The van der Waals surface area contributed by atoms with Crippen molar-refractivity contribution in [2.24, 2.45) is 0 Å². The standard InChI is InChI=1S/C15H17NO2/c1-10-6-4-5-7-14(10)18-15-13(9-17)11(2)8-12(3)16-15/h4-8,17H,9H2,1-3H3. The lowest BCUT2D eigenvalue weighted by atomic mass is 10.1. The molecule has 2 aromatic rings. The number of aromatic nitrogens is 1. The van der Waals surface area contributed by atoms with Gasteiger partial charge in [-0.05, 0) is 44.0 Å². The Morgan fingerprint density at radius 3 is 2.50 bits per heavy atom. The van der Waals surface area contributed by atoms with Crippen molar-refractivity contribution in [1.29, 1.82) is 0 Å². The van der Waals surface area contributed by atoms with Gasteiger partial charge in [0.25, 0.3) is 0 Å². The van der Waals surface area contributed by atoms with Crippen LogP contribution in [-0.4, -0.2) is 10.1 Å². The Morgan fingerprint density at radius 2 is 1.83 bits per heavy atom. The lowest BCUT2D eigenvalue weighted by Crippen LogP contribution is -2.00. The van der Waals surface area contributed by atoms with E-state index in [1.165, 1.54) is 0 Å². The van der Waals surface area contributed by atoms with Gasteiger partial charge in [-0.3, -0.25) is 0 Å². The van der Waals surface area contributed by atoms with Gasteiger partial charge in [-0.25, -0.2) is 4.98 Å². The highest BCUT2D eigenvalue weighted by atomic mass is 16.5. The number of aryl methyl sites for hydroxylation is 3. The maximum absolute atomic E-state index is 9.42. The molecule has 1 aromatic heterocycles. The van der Waals surface area contributed by atoms with E-state index in [2.05, 4.69) is 4.98 Å². The molecule has 18 heavy (non-hydrogen) atoms. The van der Waals surface area contributed by atoms with Gasteiger partial charge in [0.1, 0.15) is 5.75 Å². The number of pyridine rings is 1. The van der Waals surface area contributed by atoms with E-state index in [0.29, 0.717) is 5.88 Å². The maximum atomic E-state index is 9.42. The summed E-state index contributed by atoms with van der Waals surface area (Å²) in [5, 5.41) is 9.42. The van der Waals surface area contributed by atoms with Gasteiger partial charge in [-0.2, -0.15) is 0 Å². The smallest absolute Gasteiger partial charge is 0.225 e. The molecule has 0 saturated carbocycles. The molecule has 1 heterocycles. The zero-order chi connectivity index (χ0) is 13.1. The van der Waals surface area contributed by atoms with Gasteiger partial charge in [0.15, 0.2) is 0 Å². The van der Waals surface area contributed by atoms with Crippen molar-refractivity contribution < 1.29 is 9.84 Å². The topological polar surface area (TPSA) is 42.4 Å². The van der Waals surface area contributed by atoms with E-state index in [0.717, 1.165) is 28.1 Å². The first-order valence-corrected chi connectivity index (χ1v) is 5.93. The summed E-state index contributed by atoms with van der Waals surface area (Å²) in [5.74, 6) is 1.26. The fourth-order valence-corrected chi connectivity index (χ4v) is 1.88. The molecule has 0 aliphatic rings. The molecule has 0 unspecified atom stereocenters. The normalized spacial score (nSPS) is 10.4. The third-order valence-corrected chi connectivity index (χ3v) is 2.90. The van der Waals surface area contributed by atoms with E-state index in [1.54, 1.807) is 0 Å². The summed E-state index contributed by atoms with van der Waals surface area (Å²) in [5.41, 5.74) is 3.66. The van der Waals surface area contributed by atoms with Crippen molar-refractivity contribution >= 4 is 0 Å². The van der Waals surface area contributed by atoms with Crippen molar-refractivity contribution in [3.8, 4) is 11.6 Å². The lowest BCUT2D eigenvalue weighted by Gasteiger charge is -2.13. The number of para-hydroxylation sites is 1.